The molecule has 0 fully saturated rings. The van der Waals surface area contributed by atoms with Crippen molar-refractivity contribution >= 4 is 33.9 Å². The van der Waals surface area contributed by atoms with E-state index in [1.807, 2.05) is 48.5 Å². The normalized spacial score (nSPS) is 14.0. The van der Waals surface area contributed by atoms with Crippen molar-refractivity contribution in [3.8, 4) is 22.4 Å². The van der Waals surface area contributed by atoms with Gasteiger partial charge >= 0.3 is 0 Å². The van der Waals surface area contributed by atoms with Crippen LogP contribution in [0.3, 0.4) is 0 Å². The van der Waals surface area contributed by atoms with Crippen LogP contribution in [0, 0.1) is 0 Å². The number of alkyl halides is 1. The predicted molar refractivity (Wildman–Crippen MR) is 136 cm³/mol. The van der Waals surface area contributed by atoms with Gasteiger partial charge in [0.25, 0.3) is 5.56 Å². The molecule has 5 aromatic rings. The average molecular weight is 468 g/mol. The molecular formula is C27H22ClN5O. The molecular weight excluding hydrogens is 446 g/mol. The van der Waals surface area contributed by atoms with Crippen LogP contribution >= 0.6 is 11.6 Å². The number of H-pyrrole nitrogens is 1. The molecule has 6 nitrogen and oxygen atoms in total. The van der Waals surface area contributed by atoms with Crippen LogP contribution in [0.1, 0.15) is 36.9 Å². The van der Waals surface area contributed by atoms with E-state index in [9.17, 15) is 4.79 Å². The molecule has 168 valence electrons. The van der Waals surface area contributed by atoms with Crippen molar-refractivity contribution in [2.75, 3.05) is 0 Å². The van der Waals surface area contributed by atoms with Crippen molar-refractivity contribution in [1.82, 2.24) is 24.6 Å². The van der Waals surface area contributed by atoms with Crippen LogP contribution in [0.5, 0.6) is 0 Å². The lowest BCUT2D eigenvalue weighted by Crippen LogP contribution is -2.20. The third kappa shape index (κ3) is 3.42. The summed E-state index contributed by atoms with van der Waals surface area (Å²) in [5.74, 6) is 0.171. The molecule has 0 amide bonds. The highest BCUT2D eigenvalue weighted by Crippen LogP contribution is 2.36. The van der Waals surface area contributed by atoms with Gasteiger partial charge in [-0.3, -0.25) is 14.8 Å². The number of benzene rings is 2. The molecule has 3 aromatic heterocycles. The third-order valence-electron chi connectivity index (χ3n) is 6.41. The molecule has 1 aliphatic carbocycles. The average Bonchev–Trinajstić information content (AvgIpc) is 3.29. The number of nitrogens with one attached hydrogen (secondary N) is 1. The van der Waals surface area contributed by atoms with Gasteiger partial charge < -0.3 is 4.98 Å². The number of fused-ring (bicyclic) bond motifs is 2. The molecule has 0 bridgehead atoms. The summed E-state index contributed by atoms with van der Waals surface area (Å²) in [6.07, 6.45) is 9.88. The molecule has 1 aliphatic rings. The van der Waals surface area contributed by atoms with Gasteiger partial charge in [-0.05, 0) is 49.0 Å². The molecule has 34 heavy (non-hydrogen) atoms. The summed E-state index contributed by atoms with van der Waals surface area (Å²) in [5.41, 5.74) is 7.90. The zero-order valence-corrected chi connectivity index (χ0v) is 19.2. The molecule has 3 heterocycles. The predicted octanol–water partition coefficient (Wildman–Crippen LogP) is 6.00. The minimum atomic E-state index is -0.201. The Morgan fingerprint density at radius 1 is 0.941 bits per heavy atom. The Morgan fingerprint density at radius 3 is 2.53 bits per heavy atom. The van der Waals surface area contributed by atoms with Crippen molar-refractivity contribution in [3.63, 3.8) is 0 Å². The summed E-state index contributed by atoms with van der Waals surface area (Å²) in [4.78, 5) is 26.1. The Morgan fingerprint density at radius 2 is 1.76 bits per heavy atom. The summed E-state index contributed by atoms with van der Waals surface area (Å²) < 4.78 is 1.50. The molecule has 0 radical (unpaired) electrons. The highest BCUT2D eigenvalue weighted by Gasteiger charge is 2.24. The second-order valence-electron chi connectivity index (χ2n) is 8.50. The first-order valence-corrected chi connectivity index (χ1v) is 12.0. The molecule has 0 spiro atoms. The topological polar surface area (TPSA) is 75.9 Å². The number of rotatable bonds is 4. The lowest BCUT2D eigenvalue weighted by molar-refractivity contribution is 0.742. The maximum absolute atomic E-state index is 13.9. The van der Waals surface area contributed by atoms with Crippen LogP contribution in [0.2, 0.25) is 0 Å². The molecule has 0 saturated heterocycles. The molecule has 0 aliphatic heterocycles. The molecule has 2 aromatic carbocycles. The van der Waals surface area contributed by atoms with E-state index in [0.29, 0.717) is 16.9 Å². The maximum atomic E-state index is 13.9. The van der Waals surface area contributed by atoms with Gasteiger partial charge in [-0.15, -0.1) is 11.6 Å². The first kappa shape index (κ1) is 20.8. The number of aromatic nitrogens is 5. The van der Waals surface area contributed by atoms with E-state index in [2.05, 4.69) is 21.0 Å². The first-order valence-electron chi connectivity index (χ1n) is 11.4. The number of hydrogen-bond acceptors (Lipinski definition) is 4. The third-order valence-corrected chi connectivity index (χ3v) is 6.68. The monoisotopic (exact) mass is 467 g/mol. The fourth-order valence-corrected chi connectivity index (χ4v) is 5.01. The second-order valence-corrected chi connectivity index (χ2v) is 8.77. The van der Waals surface area contributed by atoms with E-state index in [4.69, 9.17) is 16.7 Å². The maximum Gasteiger partial charge on any atom is 0.282 e. The molecule has 6 rings (SSSR count). The smallest absolute Gasteiger partial charge is 0.282 e. The van der Waals surface area contributed by atoms with E-state index < -0.39 is 0 Å². The van der Waals surface area contributed by atoms with Crippen LogP contribution in [-0.2, 0) is 5.88 Å². The number of allylic oxidation sites excluding steroid dienone is 2. The molecule has 0 atom stereocenters. The Bertz CT molecular complexity index is 1620. The summed E-state index contributed by atoms with van der Waals surface area (Å²) in [7, 11) is 0. The van der Waals surface area contributed by atoms with Crippen LogP contribution in [0.4, 0.5) is 0 Å². The Hall–Kier alpha value is -3.77. The van der Waals surface area contributed by atoms with E-state index in [1.54, 1.807) is 12.4 Å². The van der Waals surface area contributed by atoms with Crippen LogP contribution in [0.25, 0.3) is 44.6 Å². The van der Waals surface area contributed by atoms with E-state index >= 15 is 0 Å². The lowest BCUT2D eigenvalue weighted by Gasteiger charge is -2.14. The lowest BCUT2D eigenvalue weighted by atomic mass is 9.92. The number of aromatic amines is 1. The van der Waals surface area contributed by atoms with Gasteiger partial charge in [0.15, 0.2) is 0 Å². The summed E-state index contributed by atoms with van der Waals surface area (Å²) in [6, 6.07) is 15.7. The van der Waals surface area contributed by atoms with Crippen molar-refractivity contribution in [3.05, 3.63) is 88.6 Å². The molecule has 0 unspecified atom stereocenters. The zero-order valence-electron chi connectivity index (χ0n) is 18.5. The van der Waals surface area contributed by atoms with E-state index in [-0.39, 0.29) is 11.4 Å². The summed E-state index contributed by atoms with van der Waals surface area (Å²) in [5, 5.41) is 4.84. The van der Waals surface area contributed by atoms with Crippen molar-refractivity contribution in [2.24, 2.45) is 0 Å². The highest BCUT2D eigenvalue weighted by molar-refractivity contribution is 6.17. The van der Waals surface area contributed by atoms with Gasteiger partial charge in [-0.1, -0.05) is 42.5 Å². The SMILES string of the molecule is O=c1c(-c2ccc3nccnc3c2)c(CCl)[nH]c2c(C3=CCCCC3)c(-c3ccccc3)nn12. The Labute approximate surface area is 201 Å². The van der Waals surface area contributed by atoms with E-state index in [0.717, 1.165) is 52.7 Å². The Balaban J connectivity index is 1.65. The largest absolute Gasteiger partial charge is 0.341 e. The van der Waals surface area contributed by atoms with Crippen LogP contribution < -0.4 is 5.56 Å². The molecule has 7 heteroatoms. The number of halogens is 1. The first-order chi connectivity index (χ1) is 16.7. The van der Waals surface area contributed by atoms with E-state index in [1.165, 1.54) is 16.5 Å². The molecule has 0 saturated carbocycles. The fourth-order valence-electron chi connectivity index (χ4n) is 4.81. The van der Waals surface area contributed by atoms with Crippen LogP contribution in [0.15, 0.2) is 71.8 Å². The minimum absolute atomic E-state index is 0.171. The summed E-state index contributed by atoms with van der Waals surface area (Å²) in [6.45, 7) is 0. The van der Waals surface area contributed by atoms with Gasteiger partial charge in [-0.2, -0.15) is 9.61 Å². The quantitative estimate of drug-likeness (QED) is 0.329. The fraction of sp³-hybridized carbons (Fsp3) is 0.185. The van der Waals surface area contributed by atoms with Crippen molar-refractivity contribution < 1.29 is 0 Å². The Kier molecular flexibility index (Phi) is 5.23. The number of hydrogen-bond donors (Lipinski definition) is 1. The van der Waals surface area contributed by atoms with Crippen molar-refractivity contribution in [2.45, 2.75) is 31.6 Å². The second kappa shape index (κ2) is 8.54. The van der Waals surface area contributed by atoms with Crippen molar-refractivity contribution in [1.29, 1.82) is 0 Å². The standard InChI is InChI=1S/C27H22ClN5O/c28-16-22-23(19-11-12-20-21(15-19)30-14-13-29-20)27(34)33-26(31-22)24(17-7-3-1-4-8-17)25(32-33)18-9-5-2-6-10-18/h2,5-7,9-15,31H,1,3-4,8,16H2. The highest BCUT2D eigenvalue weighted by atomic mass is 35.5. The van der Waals surface area contributed by atoms with Gasteiger partial charge in [-0.25, -0.2) is 0 Å². The van der Waals surface area contributed by atoms with Gasteiger partial charge in [0.2, 0.25) is 0 Å². The minimum Gasteiger partial charge on any atom is -0.341 e. The zero-order chi connectivity index (χ0) is 23.1. The summed E-state index contributed by atoms with van der Waals surface area (Å²) >= 11 is 6.39. The van der Waals surface area contributed by atoms with Gasteiger partial charge in [0, 0.05) is 29.2 Å². The number of nitrogens with zero attached hydrogens (tertiary/aromatic N) is 4. The molecule has 1 N–H and O–H groups in total. The van der Waals surface area contributed by atoms with Crippen LogP contribution in [-0.4, -0.2) is 24.6 Å². The van der Waals surface area contributed by atoms with Gasteiger partial charge in [0.1, 0.15) is 11.3 Å². The van der Waals surface area contributed by atoms with Gasteiger partial charge in [0.05, 0.1) is 22.5 Å².